The van der Waals surface area contributed by atoms with Crippen molar-refractivity contribution in [3.05, 3.63) is 23.4 Å². The second-order valence-corrected chi connectivity index (χ2v) is 4.93. The molecule has 0 saturated carbocycles. The predicted octanol–water partition coefficient (Wildman–Crippen LogP) is 2.21. The highest BCUT2D eigenvalue weighted by molar-refractivity contribution is 6.34. The Balaban J connectivity index is 1.97. The lowest BCUT2D eigenvalue weighted by atomic mass is 10.2. The van der Waals surface area contributed by atoms with Crippen LogP contribution in [0.1, 0.15) is 0 Å². The number of hydrogen-bond acceptors (Lipinski definition) is 5. The highest BCUT2D eigenvalue weighted by Gasteiger charge is 2.14. The third-order valence-electron chi connectivity index (χ3n) is 3.23. The summed E-state index contributed by atoms with van der Waals surface area (Å²) in [6, 6.07) is 5.65. The van der Waals surface area contributed by atoms with E-state index in [4.69, 9.17) is 21.4 Å². The molecule has 1 aromatic carbocycles. The van der Waals surface area contributed by atoms with Gasteiger partial charge in [0.05, 0.1) is 18.7 Å². The lowest BCUT2D eigenvalue weighted by molar-refractivity contribution is 0.122. The summed E-state index contributed by atoms with van der Waals surface area (Å²) >= 11 is 6.13. The van der Waals surface area contributed by atoms with Gasteiger partial charge in [-0.1, -0.05) is 11.6 Å². The summed E-state index contributed by atoms with van der Waals surface area (Å²) < 4.78 is 5.33. The van der Waals surface area contributed by atoms with Crippen LogP contribution in [-0.2, 0) is 4.74 Å². The van der Waals surface area contributed by atoms with Gasteiger partial charge in [-0.15, -0.1) is 0 Å². The molecule has 21 heavy (non-hydrogen) atoms. The average molecular weight is 309 g/mol. The van der Waals surface area contributed by atoms with Gasteiger partial charge in [0.2, 0.25) is 5.95 Å². The van der Waals surface area contributed by atoms with Crippen LogP contribution in [0.5, 0.6) is 0 Å². The van der Waals surface area contributed by atoms with Crippen LogP contribution in [0.3, 0.4) is 0 Å². The van der Waals surface area contributed by atoms with Gasteiger partial charge in [0.1, 0.15) is 5.15 Å². The van der Waals surface area contributed by atoms with E-state index in [1.165, 1.54) is 0 Å². The molecule has 1 aliphatic heterocycles. The van der Waals surface area contributed by atoms with E-state index in [1.807, 2.05) is 12.1 Å². The molecule has 0 aliphatic carbocycles. The van der Waals surface area contributed by atoms with Crippen molar-refractivity contribution in [1.29, 1.82) is 0 Å². The van der Waals surface area contributed by atoms with Crippen LogP contribution in [0.15, 0.2) is 18.2 Å². The van der Waals surface area contributed by atoms with Crippen LogP contribution < -0.4 is 10.2 Å². The number of carboxylic acid groups (broad SMARTS) is 1. The quantitative estimate of drug-likeness (QED) is 0.827. The van der Waals surface area contributed by atoms with Crippen molar-refractivity contribution in [3.8, 4) is 0 Å². The van der Waals surface area contributed by atoms with Crippen molar-refractivity contribution < 1.29 is 14.6 Å². The lowest BCUT2D eigenvalue weighted by Gasteiger charge is -2.29. The molecule has 1 amide bonds. The van der Waals surface area contributed by atoms with Crippen molar-refractivity contribution in [3.63, 3.8) is 0 Å². The van der Waals surface area contributed by atoms with E-state index in [1.54, 1.807) is 6.07 Å². The molecule has 3 rings (SSSR count). The number of halogens is 1. The monoisotopic (exact) mass is 308 g/mol. The number of benzene rings is 1. The molecule has 7 nitrogen and oxygen atoms in total. The summed E-state index contributed by atoms with van der Waals surface area (Å²) in [5, 5.41) is 11.7. The Morgan fingerprint density at radius 1 is 1.33 bits per heavy atom. The number of hydrogen-bond donors (Lipinski definition) is 2. The number of carbonyl (C=O) groups is 1. The number of nitrogens with zero attached hydrogens (tertiary/aromatic N) is 3. The van der Waals surface area contributed by atoms with Gasteiger partial charge in [0.25, 0.3) is 0 Å². The van der Waals surface area contributed by atoms with Gasteiger partial charge in [-0.2, -0.15) is 0 Å². The SMILES string of the molecule is O=C(O)Nc1nc(Cl)c2cc(N3CCOCC3)ccc2n1. The molecule has 0 bridgehead atoms. The topological polar surface area (TPSA) is 87.6 Å². The smallest absolute Gasteiger partial charge is 0.411 e. The largest absolute Gasteiger partial charge is 0.465 e. The van der Waals surface area contributed by atoms with E-state index in [0.29, 0.717) is 24.1 Å². The van der Waals surface area contributed by atoms with E-state index in [0.717, 1.165) is 18.8 Å². The van der Waals surface area contributed by atoms with Crippen molar-refractivity contribution in [2.45, 2.75) is 0 Å². The molecule has 0 unspecified atom stereocenters. The standard InChI is InChI=1S/C13H13ClN4O3/c14-11-9-7-8(18-3-5-21-6-4-18)1-2-10(9)15-12(16-11)17-13(19)20/h1-2,7H,3-6H2,(H,19,20)(H,15,16,17). The minimum absolute atomic E-state index is 0.0286. The summed E-state index contributed by atoms with van der Waals surface area (Å²) in [4.78, 5) is 20.9. The molecule has 0 atom stereocenters. The Kier molecular flexibility index (Phi) is 3.76. The summed E-state index contributed by atoms with van der Waals surface area (Å²) in [6.45, 7) is 3.04. The normalized spacial score (nSPS) is 15.2. The Morgan fingerprint density at radius 2 is 2.10 bits per heavy atom. The second-order valence-electron chi connectivity index (χ2n) is 4.57. The van der Waals surface area contributed by atoms with Gasteiger partial charge in [-0.3, -0.25) is 5.32 Å². The lowest BCUT2D eigenvalue weighted by Crippen LogP contribution is -2.36. The second kappa shape index (κ2) is 5.71. The molecule has 2 heterocycles. The maximum Gasteiger partial charge on any atom is 0.411 e. The van der Waals surface area contributed by atoms with E-state index in [-0.39, 0.29) is 11.1 Å². The molecule has 0 spiro atoms. The maximum atomic E-state index is 10.6. The van der Waals surface area contributed by atoms with Gasteiger partial charge in [-0.25, -0.2) is 14.8 Å². The van der Waals surface area contributed by atoms with Crippen LogP contribution >= 0.6 is 11.6 Å². The molecule has 2 N–H and O–H groups in total. The number of amides is 1. The number of aromatic nitrogens is 2. The van der Waals surface area contributed by atoms with Crippen LogP contribution in [0, 0.1) is 0 Å². The fourth-order valence-electron chi connectivity index (χ4n) is 2.25. The fourth-order valence-corrected chi connectivity index (χ4v) is 2.48. The third-order valence-corrected chi connectivity index (χ3v) is 3.52. The molecule has 8 heteroatoms. The minimum atomic E-state index is -1.23. The summed E-state index contributed by atoms with van der Waals surface area (Å²) in [5.74, 6) is -0.0286. The van der Waals surface area contributed by atoms with Crippen LogP contribution in [0.4, 0.5) is 16.4 Å². The van der Waals surface area contributed by atoms with Gasteiger partial charge in [0, 0.05) is 24.2 Å². The van der Waals surface area contributed by atoms with E-state index < -0.39 is 6.09 Å². The molecule has 2 aromatic rings. The number of fused-ring (bicyclic) bond motifs is 1. The first-order chi connectivity index (χ1) is 10.1. The zero-order valence-corrected chi connectivity index (χ0v) is 11.8. The van der Waals surface area contributed by atoms with E-state index in [2.05, 4.69) is 20.2 Å². The third kappa shape index (κ3) is 2.98. The van der Waals surface area contributed by atoms with Crippen molar-refractivity contribution in [1.82, 2.24) is 9.97 Å². The molecule has 1 saturated heterocycles. The number of ether oxygens (including phenoxy) is 1. The molecule has 0 radical (unpaired) electrons. The average Bonchev–Trinajstić information content (AvgIpc) is 2.47. The Labute approximate surface area is 125 Å². The Hall–Kier alpha value is -2.12. The van der Waals surface area contributed by atoms with Crippen molar-refractivity contribution in [2.75, 3.05) is 36.5 Å². The van der Waals surface area contributed by atoms with Crippen LogP contribution in [0.25, 0.3) is 10.9 Å². The molecule has 110 valence electrons. The first-order valence-corrected chi connectivity index (χ1v) is 6.81. The first-order valence-electron chi connectivity index (χ1n) is 6.43. The summed E-state index contributed by atoms with van der Waals surface area (Å²) in [5.41, 5.74) is 1.62. The fraction of sp³-hybridized carbons (Fsp3) is 0.308. The number of rotatable bonds is 2. The molecule has 1 fully saturated rings. The molecular weight excluding hydrogens is 296 g/mol. The van der Waals surface area contributed by atoms with Gasteiger partial charge < -0.3 is 14.7 Å². The number of nitrogens with one attached hydrogen (secondary N) is 1. The minimum Gasteiger partial charge on any atom is -0.465 e. The van der Waals surface area contributed by atoms with Crippen LogP contribution in [0.2, 0.25) is 5.15 Å². The van der Waals surface area contributed by atoms with Crippen molar-refractivity contribution >= 4 is 40.2 Å². The summed E-state index contributed by atoms with van der Waals surface area (Å²) in [7, 11) is 0. The highest BCUT2D eigenvalue weighted by Crippen LogP contribution is 2.27. The highest BCUT2D eigenvalue weighted by atomic mass is 35.5. The van der Waals surface area contributed by atoms with E-state index in [9.17, 15) is 4.79 Å². The zero-order chi connectivity index (χ0) is 14.8. The number of morpholine rings is 1. The van der Waals surface area contributed by atoms with Gasteiger partial charge in [0.15, 0.2) is 0 Å². The van der Waals surface area contributed by atoms with Crippen molar-refractivity contribution in [2.24, 2.45) is 0 Å². The van der Waals surface area contributed by atoms with Gasteiger partial charge >= 0.3 is 6.09 Å². The van der Waals surface area contributed by atoms with E-state index >= 15 is 0 Å². The molecule has 1 aromatic heterocycles. The molecule has 1 aliphatic rings. The maximum absolute atomic E-state index is 10.6. The molecular formula is C13H13ClN4O3. The predicted molar refractivity (Wildman–Crippen MR) is 79.2 cm³/mol. The Bertz CT molecular complexity index is 688. The number of anilines is 2. The Morgan fingerprint density at radius 3 is 2.81 bits per heavy atom. The van der Waals surface area contributed by atoms with Gasteiger partial charge in [-0.05, 0) is 18.2 Å². The zero-order valence-electron chi connectivity index (χ0n) is 11.0. The first kappa shape index (κ1) is 13.8. The summed E-state index contributed by atoms with van der Waals surface area (Å²) in [6.07, 6.45) is -1.23. The van der Waals surface area contributed by atoms with Crippen LogP contribution in [-0.4, -0.2) is 47.5 Å².